The summed E-state index contributed by atoms with van der Waals surface area (Å²) in [6.45, 7) is 6.11. The van der Waals surface area contributed by atoms with Gasteiger partial charge in [0.2, 0.25) is 0 Å². The Labute approximate surface area is 240 Å². The van der Waals surface area contributed by atoms with Crippen LogP contribution < -0.4 is 0 Å². The van der Waals surface area contributed by atoms with Gasteiger partial charge in [0.05, 0.1) is 11.0 Å². The van der Waals surface area contributed by atoms with E-state index in [1.54, 1.807) is 12.2 Å². The number of hydrogen-bond acceptors (Lipinski definition) is 3. The van der Waals surface area contributed by atoms with Crippen molar-refractivity contribution in [3.05, 3.63) is 108 Å². The Morgan fingerprint density at radius 3 is 2.64 bits per heavy atom. The highest BCUT2D eigenvalue weighted by Crippen LogP contribution is 2.34. The zero-order valence-corrected chi connectivity index (χ0v) is 23.3. The van der Waals surface area contributed by atoms with Crippen LogP contribution in [0.1, 0.15) is 38.2 Å². The summed E-state index contributed by atoms with van der Waals surface area (Å²) < 4.78 is 0. The van der Waals surface area contributed by atoms with E-state index < -0.39 is 5.97 Å². The smallest absolute Gasteiger partial charge is 0.328 e. The number of ketones is 1. The predicted molar refractivity (Wildman–Crippen MR) is 162 cm³/mol. The monoisotopic (exact) mass is 562 g/mol. The van der Waals surface area contributed by atoms with Crippen molar-refractivity contribution in [3.63, 3.8) is 0 Å². The molecule has 0 amide bonds. The van der Waals surface area contributed by atoms with Crippen LogP contribution in [0.3, 0.4) is 0 Å². The number of para-hydroxylation sites is 2. The molecule has 1 aliphatic carbocycles. The number of carbonyl (C=O) groups excluding carboxylic acids is 1. The summed E-state index contributed by atoms with van der Waals surface area (Å²) in [5.74, 6) is -0.125. The van der Waals surface area contributed by atoms with Crippen molar-refractivity contribution in [3.8, 4) is 11.4 Å². The number of nitrogens with one attached hydrogen (secondary N) is 1. The number of imidazole rings is 1. The lowest BCUT2D eigenvalue weighted by Gasteiger charge is -2.25. The van der Waals surface area contributed by atoms with Gasteiger partial charge in [0.1, 0.15) is 5.82 Å². The van der Waals surface area contributed by atoms with Crippen LogP contribution in [0.15, 0.2) is 102 Å². The number of carboxylic acid groups (broad SMARTS) is 1. The molecular weight excluding hydrogens is 531 g/mol. The van der Waals surface area contributed by atoms with Crippen molar-refractivity contribution in [1.29, 1.82) is 0 Å². The number of Topliss-reactive ketones (excluding diaryl/α,β-unsaturated/α-hetero) is 1. The van der Waals surface area contributed by atoms with Gasteiger partial charge in [-0.25, -0.2) is 9.78 Å². The lowest BCUT2D eigenvalue weighted by atomic mass is 9.80. The molecule has 1 aromatic heterocycles. The average Bonchev–Trinajstić information content (AvgIpc) is 3.34. The number of fused-ring (bicyclic) bond motifs is 1. The standard InChI is InChI=1S/C32H31ClN2O3.ClH/c1-3-9-22(23-10-8-11-25(33)18-23)19-30(36)21(2)16-17-24(20-31(37)38)26-12-4-5-13-27(26)32-34-28-14-6-7-15-29(28)35-32;/h4-8,10-17,20,22-23H,2-3,9,18-19H2,1H3,(H,34,35)(H,37,38);1H/b17-16-,24-20-;. The number of allylic oxidation sites excluding steroid dienone is 8. The zero-order chi connectivity index (χ0) is 27.1. The fraction of sp³-hybridized carbons (Fsp3) is 0.219. The largest absolute Gasteiger partial charge is 0.478 e. The second-order valence-electron chi connectivity index (χ2n) is 9.49. The van der Waals surface area contributed by atoms with Gasteiger partial charge >= 0.3 is 5.97 Å². The van der Waals surface area contributed by atoms with E-state index in [1.807, 2.05) is 60.7 Å². The third-order valence-corrected chi connectivity index (χ3v) is 7.04. The van der Waals surface area contributed by atoms with Crippen LogP contribution in [-0.2, 0) is 9.59 Å². The number of nitrogens with zero attached hydrogens (tertiary/aromatic N) is 1. The second kappa shape index (κ2) is 13.9. The predicted octanol–water partition coefficient (Wildman–Crippen LogP) is 8.31. The van der Waals surface area contributed by atoms with Gasteiger partial charge in [-0.3, -0.25) is 4.79 Å². The summed E-state index contributed by atoms with van der Waals surface area (Å²) in [6.07, 6.45) is 13.4. The van der Waals surface area contributed by atoms with Gasteiger partial charge in [-0.05, 0) is 54.0 Å². The summed E-state index contributed by atoms with van der Waals surface area (Å²) in [5, 5.41) is 10.4. The third-order valence-electron chi connectivity index (χ3n) is 6.76. The van der Waals surface area contributed by atoms with E-state index in [0.717, 1.165) is 47.0 Å². The summed E-state index contributed by atoms with van der Waals surface area (Å²) in [5.41, 5.74) is 3.94. The number of aromatic nitrogens is 2. The highest BCUT2D eigenvalue weighted by molar-refractivity contribution is 6.29. The van der Waals surface area contributed by atoms with Gasteiger partial charge in [0.15, 0.2) is 5.78 Å². The molecule has 39 heavy (non-hydrogen) atoms. The molecule has 5 nitrogen and oxygen atoms in total. The number of carbonyl (C=O) groups is 2. The molecule has 2 unspecified atom stereocenters. The highest BCUT2D eigenvalue weighted by Gasteiger charge is 2.24. The highest BCUT2D eigenvalue weighted by atomic mass is 35.5. The molecule has 202 valence electrons. The molecule has 0 fully saturated rings. The van der Waals surface area contributed by atoms with Gasteiger partial charge in [-0.15, -0.1) is 12.4 Å². The van der Waals surface area contributed by atoms with Crippen LogP contribution in [0, 0.1) is 11.8 Å². The maximum Gasteiger partial charge on any atom is 0.328 e. The van der Waals surface area contributed by atoms with E-state index in [2.05, 4.69) is 29.5 Å². The third kappa shape index (κ3) is 7.69. The summed E-state index contributed by atoms with van der Waals surface area (Å²) in [4.78, 5) is 32.9. The minimum atomic E-state index is -1.09. The van der Waals surface area contributed by atoms with E-state index >= 15 is 0 Å². The first-order chi connectivity index (χ1) is 18.4. The number of carboxylic acids is 1. The Bertz CT molecular complexity index is 1450. The van der Waals surface area contributed by atoms with E-state index in [1.165, 1.54) is 0 Å². The fourth-order valence-corrected chi connectivity index (χ4v) is 5.10. The van der Waals surface area contributed by atoms with Crippen molar-refractivity contribution in [1.82, 2.24) is 9.97 Å². The first-order valence-corrected chi connectivity index (χ1v) is 13.2. The van der Waals surface area contributed by atoms with E-state index in [4.69, 9.17) is 11.6 Å². The molecule has 1 aliphatic rings. The minimum absolute atomic E-state index is 0. The van der Waals surface area contributed by atoms with E-state index in [0.29, 0.717) is 29.0 Å². The number of H-pyrrole nitrogens is 1. The van der Waals surface area contributed by atoms with Crippen molar-refractivity contribution in [2.45, 2.75) is 32.6 Å². The van der Waals surface area contributed by atoms with Crippen molar-refractivity contribution in [2.75, 3.05) is 0 Å². The number of halogens is 2. The van der Waals surface area contributed by atoms with Gasteiger partial charge in [0, 0.05) is 28.7 Å². The zero-order valence-electron chi connectivity index (χ0n) is 21.8. The molecule has 0 radical (unpaired) electrons. The van der Waals surface area contributed by atoms with Crippen LogP contribution in [0.4, 0.5) is 0 Å². The molecule has 7 heteroatoms. The molecule has 1 heterocycles. The lowest BCUT2D eigenvalue weighted by molar-refractivity contribution is -0.131. The maximum absolute atomic E-state index is 13.1. The Balaban J connectivity index is 0.00000420. The summed E-state index contributed by atoms with van der Waals surface area (Å²) in [7, 11) is 0. The Morgan fingerprint density at radius 1 is 1.18 bits per heavy atom. The van der Waals surface area contributed by atoms with Crippen molar-refractivity contribution < 1.29 is 14.7 Å². The van der Waals surface area contributed by atoms with Gasteiger partial charge in [-0.2, -0.15) is 0 Å². The Morgan fingerprint density at radius 2 is 1.92 bits per heavy atom. The number of benzene rings is 2. The fourth-order valence-electron chi connectivity index (χ4n) is 4.85. The first-order valence-electron chi connectivity index (χ1n) is 12.8. The van der Waals surface area contributed by atoms with Crippen LogP contribution in [0.25, 0.3) is 28.0 Å². The van der Waals surface area contributed by atoms with Crippen LogP contribution in [-0.4, -0.2) is 26.8 Å². The van der Waals surface area contributed by atoms with E-state index in [9.17, 15) is 14.7 Å². The Hall–Kier alpha value is -3.67. The van der Waals surface area contributed by atoms with E-state index in [-0.39, 0.29) is 30.0 Å². The molecule has 2 atom stereocenters. The minimum Gasteiger partial charge on any atom is -0.478 e. The summed E-state index contributed by atoms with van der Waals surface area (Å²) in [6, 6.07) is 15.2. The molecule has 4 rings (SSSR count). The molecular formula is C32H32Cl2N2O3. The molecule has 0 aliphatic heterocycles. The normalized spacial score (nSPS) is 16.1. The molecule has 3 aromatic rings. The number of aromatic amines is 1. The number of aliphatic carboxylic acids is 1. The number of hydrogen-bond donors (Lipinski definition) is 2. The Kier molecular flexibility index (Phi) is 10.7. The van der Waals surface area contributed by atoms with Crippen LogP contribution >= 0.6 is 24.0 Å². The van der Waals surface area contributed by atoms with Crippen LogP contribution in [0.2, 0.25) is 0 Å². The first kappa shape index (κ1) is 29.9. The van der Waals surface area contributed by atoms with Gasteiger partial charge in [-0.1, -0.05) is 92.2 Å². The molecule has 0 saturated carbocycles. The summed E-state index contributed by atoms with van der Waals surface area (Å²) >= 11 is 6.25. The second-order valence-corrected chi connectivity index (χ2v) is 9.97. The maximum atomic E-state index is 13.1. The van der Waals surface area contributed by atoms with Gasteiger partial charge in [0.25, 0.3) is 0 Å². The SMILES string of the molecule is C=C(/C=C\C(=C\C(=O)O)c1ccccc1-c1nc2ccccc2[nH]1)C(=O)CC(CCC)C1C=CC=C(Cl)C1.Cl. The van der Waals surface area contributed by atoms with Crippen molar-refractivity contribution in [2.24, 2.45) is 11.8 Å². The molecule has 0 saturated heterocycles. The van der Waals surface area contributed by atoms with Gasteiger partial charge < -0.3 is 10.1 Å². The molecule has 2 N–H and O–H groups in total. The quantitative estimate of drug-likeness (QED) is 0.182. The van der Waals surface area contributed by atoms with Crippen LogP contribution in [0.5, 0.6) is 0 Å². The lowest BCUT2D eigenvalue weighted by Crippen LogP contribution is -2.19. The average molecular weight is 564 g/mol. The topological polar surface area (TPSA) is 83.0 Å². The molecule has 2 aromatic carbocycles. The molecule has 0 spiro atoms. The van der Waals surface area contributed by atoms with Crippen molar-refractivity contribution >= 4 is 52.4 Å². The number of rotatable bonds is 11. The molecule has 0 bridgehead atoms.